The van der Waals surface area contributed by atoms with Crippen LogP contribution in [0.5, 0.6) is 0 Å². The third-order valence-electron chi connectivity index (χ3n) is 6.26. The van der Waals surface area contributed by atoms with Crippen LogP contribution in [-0.4, -0.2) is 37.7 Å². The Bertz CT molecular complexity index is 637. The molecule has 0 atom stereocenters. The van der Waals surface area contributed by atoms with Crippen LogP contribution in [0.4, 0.5) is 0 Å². The molecule has 2 rings (SSSR count). The molecule has 176 valence electrons. The molecule has 2 aromatic rings. The molecule has 2 aromatic carbocycles. The van der Waals surface area contributed by atoms with Crippen LogP contribution in [0.15, 0.2) is 58.3 Å². The van der Waals surface area contributed by atoms with E-state index in [1.54, 1.807) is 0 Å². The fourth-order valence-corrected chi connectivity index (χ4v) is 5.42. The molecule has 0 aliphatic carbocycles. The van der Waals surface area contributed by atoms with Gasteiger partial charge in [0, 0.05) is 9.79 Å². The number of hydrogen-bond donors (Lipinski definition) is 0. The normalized spacial score (nSPS) is 10.8. The molecule has 0 aliphatic rings. The molecule has 0 heterocycles. The first-order valence-corrected chi connectivity index (χ1v) is 14.0. The van der Waals surface area contributed by atoms with Crippen molar-refractivity contribution in [2.45, 2.75) is 126 Å². The van der Waals surface area contributed by atoms with Crippen LogP contribution in [0.3, 0.4) is 0 Å². The topological polar surface area (TPSA) is 0 Å². The maximum atomic E-state index is 2.35. The van der Waals surface area contributed by atoms with Crippen molar-refractivity contribution in [3.8, 4) is 0 Å². The Hall–Kier alpha value is 0.0497. The maximum absolute atomic E-state index is 2.35. The molecule has 0 amide bonds. The molecule has 32 heavy (non-hydrogen) atoms. The third-order valence-corrected chi connectivity index (χ3v) is 7.50. The van der Waals surface area contributed by atoms with E-state index in [0.29, 0.717) is 0 Å². The molecule has 0 aliphatic heterocycles. The van der Waals surface area contributed by atoms with Crippen LogP contribution < -0.4 is 0 Å². The number of aryl methyl sites for hydroxylation is 2. The zero-order chi connectivity index (χ0) is 22.0. The molecule has 0 N–H and O–H groups in total. The van der Waals surface area contributed by atoms with Gasteiger partial charge in [0.25, 0.3) is 0 Å². The Labute approximate surface area is 233 Å². The average Bonchev–Trinajstić information content (AvgIpc) is 2.80. The summed E-state index contributed by atoms with van der Waals surface area (Å²) in [6.45, 7) is 4.59. The van der Waals surface area contributed by atoms with Gasteiger partial charge >= 0.3 is 37.7 Å². The Morgan fingerprint density at radius 2 is 0.812 bits per heavy atom. The van der Waals surface area contributed by atoms with Gasteiger partial charge in [-0.2, -0.15) is 0 Å². The van der Waals surface area contributed by atoms with Gasteiger partial charge in [-0.3, -0.25) is 0 Å². The van der Waals surface area contributed by atoms with Gasteiger partial charge < -0.3 is 0 Å². The van der Waals surface area contributed by atoms with Gasteiger partial charge in [-0.25, -0.2) is 0 Å². The fraction of sp³-hybridized carbons (Fsp3) is 0.600. The van der Waals surface area contributed by atoms with E-state index in [1.807, 2.05) is 11.8 Å². The zero-order valence-corrected chi connectivity index (χ0v) is 21.2. The molecular weight excluding hydrogens is 432 g/mol. The first-order chi connectivity index (χ1) is 15.3. The quantitative estimate of drug-likeness (QED) is 0.151. The minimum atomic E-state index is 0. The van der Waals surface area contributed by atoms with E-state index >= 15 is 0 Å². The molecule has 2 heteroatoms. The Morgan fingerprint density at radius 3 is 1.22 bits per heavy atom. The second-order valence-electron chi connectivity index (χ2n) is 9.06. The third kappa shape index (κ3) is 13.1. The molecule has 0 radical (unpaired) electrons. The van der Waals surface area contributed by atoms with Crippen molar-refractivity contribution in [2.75, 3.05) is 0 Å². The molecule has 0 fully saturated rings. The van der Waals surface area contributed by atoms with E-state index < -0.39 is 0 Å². The summed E-state index contributed by atoms with van der Waals surface area (Å²) in [6.07, 6.45) is 21.8. The zero-order valence-electron chi connectivity index (χ0n) is 20.3. The van der Waals surface area contributed by atoms with Gasteiger partial charge in [0.2, 0.25) is 0 Å². The van der Waals surface area contributed by atoms with Crippen LogP contribution in [0.2, 0.25) is 0 Å². The molecule has 0 saturated carbocycles. The predicted molar refractivity (Wildman–Crippen MR) is 149 cm³/mol. The van der Waals surface area contributed by atoms with Gasteiger partial charge in [0.05, 0.1) is 0 Å². The molecule has 0 bridgehead atoms. The number of rotatable bonds is 18. The SMILES string of the molecule is CCCCCCCCCc1ccccc1Sc1ccccc1CCCCCCCCC.[CaH2]. The average molecular weight is 481 g/mol. The summed E-state index contributed by atoms with van der Waals surface area (Å²) >= 11 is 1.99. The van der Waals surface area contributed by atoms with Crippen molar-refractivity contribution in [3.05, 3.63) is 59.7 Å². The van der Waals surface area contributed by atoms with Crippen molar-refractivity contribution in [1.29, 1.82) is 0 Å². The Balaban J connectivity index is 0.00000512. The van der Waals surface area contributed by atoms with Crippen LogP contribution in [0, 0.1) is 0 Å². The second kappa shape index (κ2) is 20.4. The van der Waals surface area contributed by atoms with Crippen LogP contribution in [-0.2, 0) is 12.8 Å². The number of hydrogen-bond acceptors (Lipinski definition) is 1. The minimum absolute atomic E-state index is 0. The van der Waals surface area contributed by atoms with E-state index in [1.165, 1.54) is 124 Å². The second-order valence-corrected chi connectivity index (χ2v) is 10.1. The summed E-state index contributed by atoms with van der Waals surface area (Å²) in [5, 5.41) is 0. The van der Waals surface area contributed by atoms with E-state index in [4.69, 9.17) is 0 Å². The number of benzene rings is 2. The van der Waals surface area contributed by atoms with Crippen molar-refractivity contribution in [2.24, 2.45) is 0 Å². The van der Waals surface area contributed by atoms with Gasteiger partial charge in [-0.05, 0) is 48.9 Å². The van der Waals surface area contributed by atoms with Crippen molar-refractivity contribution in [3.63, 3.8) is 0 Å². The Morgan fingerprint density at radius 1 is 0.469 bits per heavy atom. The van der Waals surface area contributed by atoms with E-state index in [2.05, 4.69) is 62.4 Å². The van der Waals surface area contributed by atoms with Crippen LogP contribution >= 0.6 is 11.8 Å². The first-order valence-electron chi connectivity index (χ1n) is 13.2. The van der Waals surface area contributed by atoms with Crippen molar-refractivity contribution in [1.82, 2.24) is 0 Å². The first kappa shape index (κ1) is 30.1. The standard InChI is InChI=1S/C30H46S.Ca.2H/c1-3-5-7-9-11-13-15-21-27-23-17-19-25-29(27)31-30-26-20-18-24-28(30)22-16-14-12-10-8-6-4-2;;;/h17-20,23-26H,3-16,21-22H2,1-2H3;;;. The van der Waals surface area contributed by atoms with Gasteiger partial charge in [0.15, 0.2) is 0 Å². The molecule has 0 saturated heterocycles. The summed E-state index contributed by atoms with van der Waals surface area (Å²) in [5.41, 5.74) is 3.07. The molecule has 0 spiro atoms. The molecule has 0 aromatic heterocycles. The predicted octanol–water partition coefficient (Wildman–Crippen LogP) is 9.51. The summed E-state index contributed by atoms with van der Waals surface area (Å²) in [7, 11) is 0. The van der Waals surface area contributed by atoms with E-state index in [9.17, 15) is 0 Å². The van der Waals surface area contributed by atoms with Gasteiger partial charge in [0.1, 0.15) is 0 Å². The molecular formula is C30H48CaS. The van der Waals surface area contributed by atoms with E-state index in [-0.39, 0.29) is 37.7 Å². The van der Waals surface area contributed by atoms with Crippen molar-refractivity contribution < 1.29 is 0 Å². The van der Waals surface area contributed by atoms with E-state index in [0.717, 1.165) is 0 Å². The van der Waals surface area contributed by atoms with Gasteiger partial charge in [-0.15, -0.1) is 0 Å². The Kier molecular flexibility index (Phi) is 19.2. The summed E-state index contributed by atoms with van der Waals surface area (Å²) < 4.78 is 0. The number of unbranched alkanes of at least 4 members (excludes halogenated alkanes) is 12. The van der Waals surface area contributed by atoms with Crippen LogP contribution in [0.1, 0.15) is 115 Å². The summed E-state index contributed by atoms with van der Waals surface area (Å²) in [6, 6.07) is 18.2. The molecule has 0 nitrogen and oxygen atoms in total. The molecule has 0 unspecified atom stereocenters. The summed E-state index contributed by atoms with van der Waals surface area (Å²) in [4.78, 5) is 2.92. The fourth-order valence-electron chi connectivity index (χ4n) is 4.28. The monoisotopic (exact) mass is 480 g/mol. The van der Waals surface area contributed by atoms with Gasteiger partial charge in [-0.1, -0.05) is 139 Å². The van der Waals surface area contributed by atoms with Crippen LogP contribution in [0.25, 0.3) is 0 Å². The summed E-state index contributed by atoms with van der Waals surface area (Å²) in [5.74, 6) is 0. The van der Waals surface area contributed by atoms with Crippen molar-refractivity contribution >= 4 is 49.5 Å².